The van der Waals surface area contributed by atoms with E-state index in [1.54, 1.807) is 11.8 Å². The number of H-pyrrole nitrogens is 1. The number of rotatable bonds is 4. The van der Waals surface area contributed by atoms with Gasteiger partial charge in [0.1, 0.15) is 0 Å². The van der Waals surface area contributed by atoms with Crippen LogP contribution in [-0.2, 0) is 6.42 Å². The molecular weight excluding hydrogens is 314 g/mol. The third-order valence-electron chi connectivity index (χ3n) is 3.97. The Labute approximate surface area is 145 Å². The van der Waals surface area contributed by atoms with Crippen LogP contribution >= 0.6 is 11.8 Å². The number of aromatic nitrogens is 3. The summed E-state index contributed by atoms with van der Waals surface area (Å²) in [5.41, 5.74) is 5.49. The third kappa shape index (κ3) is 2.93. The predicted octanol–water partition coefficient (Wildman–Crippen LogP) is 5.34. The fourth-order valence-corrected chi connectivity index (χ4v) is 3.63. The SMILES string of the molecule is CCc1ccnc(-c2ccccc2Sc2nc3ccccc3[nH]2)c1. The van der Waals surface area contributed by atoms with Gasteiger partial charge in [0.2, 0.25) is 0 Å². The van der Waals surface area contributed by atoms with Gasteiger partial charge in [-0.3, -0.25) is 4.98 Å². The summed E-state index contributed by atoms with van der Waals surface area (Å²) in [7, 11) is 0. The number of aryl methyl sites for hydroxylation is 1. The van der Waals surface area contributed by atoms with Gasteiger partial charge < -0.3 is 4.98 Å². The van der Waals surface area contributed by atoms with Gasteiger partial charge in [-0.15, -0.1) is 0 Å². The number of hydrogen-bond donors (Lipinski definition) is 1. The number of benzene rings is 2. The van der Waals surface area contributed by atoms with Crippen molar-refractivity contribution in [3.05, 3.63) is 72.4 Å². The normalized spacial score (nSPS) is 11.0. The summed E-state index contributed by atoms with van der Waals surface area (Å²) in [4.78, 5) is 13.7. The second kappa shape index (κ2) is 6.49. The molecule has 0 unspecified atom stereocenters. The van der Waals surface area contributed by atoms with Crippen molar-refractivity contribution in [1.29, 1.82) is 0 Å². The smallest absolute Gasteiger partial charge is 0.171 e. The van der Waals surface area contributed by atoms with Crippen molar-refractivity contribution in [2.45, 2.75) is 23.4 Å². The summed E-state index contributed by atoms with van der Waals surface area (Å²) in [6.07, 6.45) is 2.89. The van der Waals surface area contributed by atoms with Crippen LogP contribution in [0.25, 0.3) is 22.3 Å². The first-order chi connectivity index (χ1) is 11.8. The monoisotopic (exact) mass is 331 g/mol. The molecule has 2 aromatic heterocycles. The number of nitrogens with one attached hydrogen (secondary N) is 1. The Kier molecular flexibility index (Phi) is 4.05. The molecule has 0 bridgehead atoms. The zero-order chi connectivity index (χ0) is 16.4. The molecule has 2 heterocycles. The second-order valence-corrected chi connectivity index (χ2v) is 6.59. The van der Waals surface area contributed by atoms with Crippen LogP contribution < -0.4 is 0 Å². The highest BCUT2D eigenvalue weighted by atomic mass is 32.2. The molecular formula is C20H17N3S. The molecule has 4 aromatic rings. The highest BCUT2D eigenvalue weighted by molar-refractivity contribution is 7.99. The van der Waals surface area contributed by atoms with Gasteiger partial charge >= 0.3 is 0 Å². The molecule has 0 amide bonds. The average molecular weight is 331 g/mol. The van der Waals surface area contributed by atoms with Crippen LogP contribution in [0, 0.1) is 0 Å². The molecule has 2 aromatic carbocycles. The van der Waals surface area contributed by atoms with E-state index in [1.165, 1.54) is 5.56 Å². The molecule has 118 valence electrons. The van der Waals surface area contributed by atoms with E-state index in [1.807, 2.05) is 30.5 Å². The first-order valence-electron chi connectivity index (χ1n) is 8.00. The Morgan fingerprint density at radius 3 is 2.71 bits per heavy atom. The van der Waals surface area contributed by atoms with Gasteiger partial charge in [-0.1, -0.05) is 49.0 Å². The minimum Gasteiger partial charge on any atom is -0.333 e. The lowest BCUT2D eigenvalue weighted by Gasteiger charge is -2.08. The average Bonchev–Trinajstić information content (AvgIpc) is 3.04. The zero-order valence-electron chi connectivity index (χ0n) is 13.4. The lowest BCUT2D eigenvalue weighted by Crippen LogP contribution is -1.89. The van der Waals surface area contributed by atoms with Gasteiger partial charge in [0.25, 0.3) is 0 Å². The molecule has 0 fully saturated rings. The standard InChI is InChI=1S/C20H17N3S/c1-2-14-11-12-21-18(13-14)15-7-3-6-10-19(15)24-20-22-16-8-4-5-9-17(16)23-20/h3-13H,2H2,1H3,(H,22,23). The summed E-state index contributed by atoms with van der Waals surface area (Å²) in [5, 5.41) is 0.898. The van der Waals surface area contributed by atoms with Crippen molar-refractivity contribution in [2.24, 2.45) is 0 Å². The van der Waals surface area contributed by atoms with E-state index in [-0.39, 0.29) is 0 Å². The number of fused-ring (bicyclic) bond motifs is 1. The summed E-state index contributed by atoms with van der Waals surface area (Å²) in [6.45, 7) is 2.16. The Morgan fingerprint density at radius 2 is 1.83 bits per heavy atom. The molecule has 0 saturated heterocycles. The zero-order valence-corrected chi connectivity index (χ0v) is 14.2. The minimum atomic E-state index is 0.898. The van der Waals surface area contributed by atoms with Crippen molar-refractivity contribution in [3.8, 4) is 11.3 Å². The quantitative estimate of drug-likeness (QED) is 0.549. The summed E-state index contributed by atoms with van der Waals surface area (Å²) in [5.74, 6) is 0. The predicted molar refractivity (Wildman–Crippen MR) is 99.3 cm³/mol. The van der Waals surface area contributed by atoms with E-state index >= 15 is 0 Å². The van der Waals surface area contributed by atoms with Crippen LogP contribution in [0.1, 0.15) is 12.5 Å². The van der Waals surface area contributed by atoms with Gasteiger partial charge in [0.05, 0.1) is 16.7 Å². The van der Waals surface area contributed by atoms with Crippen molar-refractivity contribution < 1.29 is 0 Å². The second-order valence-electron chi connectivity index (χ2n) is 5.56. The Morgan fingerprint density at radius 1 is 1.00 bits per heavy atom. The maximum Gasteiger partial charge on any atom is 0.171 e. The summed E-state index contributed by atoms with van der Waals surface area (Å²) < 4.78 is 0. The number of nitrogens with zero attached hydrogens (tertiary/aromatic N) is 2. The molecule has 0 radical (unpaired) electrons. The van der Waals surface area contributed by atoms with Gasteiger partial charge in [-0.2, -0.15) is 0 Å². The highest BCUT2D eigenvalue weighted by Gasteiger charge is 2.10. The molecule has 0 aliphatic heterocycles. The fourth-order valence-electron chi connectivity index (χ4n) is 2.69. The van der Waals surface area contributed by atoms with E-state index < -0.39 is 0 Å². The lowest BCUT2D eigenvalue weighted by molar-refractivity contribution is 1.08. The van der Waals surface area contributed by atoms with Crippen LogP contribution in [0.15, 0.2) is 76.9 Å². The molecule has 24 heavy (non-hydrogen) atoms. The maximum absolute atomic E-state index is 4.66. The highest BCUT2D eigenvalue weighted by Crippen LogP contribution is 2.34. The van der Waals surface area contributed by atoms with Gasteiger partial charge in [-0.05, 0) is 42.3 Å². The Balaban J connectivity index is 1.73. The van der Waals surface area contributed by atoms with E-state index in [9.17, 15) is 0 Å². The third-order valence-corrected chi connectivity index (χ3v) is 4.93. The molecule has 0 aliphatic rings. The Bertz CT molecular complexity index is 958. The van der Waals surface area contributed by atoms with E-state index in [0.29, 0.717) is 0 Å². The summed E-state index contributed by atoms with van der Waals surface area (Å²) in [6, 6.07) is 20.7. The van der Waals surface area contributed by atoms with Crippen molar-refractivity contribution in [1.82, 2.24) is 15.0 Å². The summed E-state index contributed by atoms with van der Waals surface area (Å²) >= 11 is 1.64. The van der Waals surface area contributed by atoms with E-state index in [2.05, 4.69) is 58.3 Å². The molecule has 0 aliphatic carbocycles. The van der Waals surface area contributed by atoms with E-state index in [4.69, 9.17) is 0 Å². The van der Waals surface area contributed by atoms with E-state index in [0.717, 1.165) is 38.8 Å². The molecule has 0 atom stereocenters. The number of para-hydroxylation sites is 2. The lowest BCUT2D eigenvalue weighted by atomic mass is 10.1. The molecule has 1 N–H and O–H groups in total. The topological polar surface area (TPSA) is 41.6 Å². The van der Waals surface area contributed by atoms with Crippen molar-refractivity contribution >= 4 is 22.8 Å². The van der Waals surface area contributed by atoms with Crippen LogP contribution in [0.5, 0.6) is 0 Å². The van der Waals surface area contributed by atoms with Crippen LogP contribution in [0.4, 0.5) is 0 Å². The number of pyridine rings is 1. The first kappa shape index (κ1) is 15.0. The Hall–Kier alpha value is -2.59. The fraction of sp³-hybridized carbons (Fsp3) is 0.100. The molecule has 4 rings (SSSR count). The molecule has 0 saturated carbocycles. The minimum absolute atomic E-state index is 0.898. The first-order valence-corrected chi connectivity index (χ1v) is 8.82. The maximum atomic E-state index is 4.66. The van der Waals surface area contributed by atoms with Crippen LogP contribution in [-0.4, -0.2) is 15.0 Å². The van der Waals surface area contributed by atoms with Crippen molar-refractivity contribution in [3.63, 3.8) is 0 Å². The largest absolute Gasteiger partial charge is 0.333 e. The van der Waals surface area contributed by atoms with Crippen LogP contribution in [0.2, 0.25) is 0 Å². The molecule has 0 spiro atoms. The number of aromatic amines is 1. The van der Waals surface area contributed by atoms with Gasteiger partial charge in [0, 0.05) is 16.7 Å². The number of hydrogen-bond acceptors (Lipinski definition) is 3. The van der Waals surface area contributed by atoms with Crippen LogP contribution in [0.3, 0.4) is 0 Å². The van der Waals surface area contributed by atoms with Crippen molar-refractivity contribution in [2.75, 3.05) is 0 Å². The van der Waals surface area contributed by atoms with Gasteiger partial charge in [0.15, 0.2) is 5.16 Å². The number of imidazole rings is 1. The van der Waals surface area contributed by atoms with Gasteiger partial charge in [-0.25, -0.2) is 4.98 Å². The molecule has 3 nitrogen and oxygen atoms in total. The molecule has 4 heteroatoms.